The monoisotopic (exact) mass is 396 g/mol. The zero-order valence-corrected chi connectivity index (χ0v) is 16.2. The highest BCUT2D eigenvalue weighted by molar-refractivity contribution is 5.79. The lowest BCUT2D eigenvalue weighted by Gasteiger charge is -2.26. The van der Waals surface area contributed by atoms with E-state index in [2.05, 4.69) is 15.0 Å². The van der Waals surface area contributed by atoms with Gasteiger partial charge in [0.15, 0.2) is 0 Å². The van der Waals surface area contributed by atoms with Gasteiger partial charge in [-0.1, -0.05) is 36.4 Å². The lowest BCUT2D eigenvalue weighted by Crippen LogP contribution is -2.19. The van der Waals surface area contributed by atoms with Crippen molar-refractivity contribution in [1.29, 1.82) is 0 Å². The first-order valence-electron chi connectivity index (χ1n) is 9.56. The lowest BCUT2D eigenvalue weighted by atomic mass is 9.93. The van der Waals surface area contributed by atoms with Gasteiger partial charge in [-0.05, 0) is 48.4 Å². The number of carboxylic acid groups (broad SMARTS) is 1. The Labute approximate surface area is 174 Å². The number of rotatable bonds is 7. The minimum absolute atomic E-state index is 0.256. The topological polar surface area (TPSA) is 79.2 Å². The van der Waals surface area contributed by atoms with Gasteiger partial charge in [-0.2, -0.15) is 0 Å². The predicted octanol–water partition coefficient (Wildman–Crippen LogP) is 4.75. The first-order valence-corrected chi connectivity index (χ1v) is 9.56. The zero-order chi connectivity index (χ0) is 20.8. The van der Waals surface area contributed by atoms with E-state index in [4.69, 9.17) is 0 Å². The van der Waals surface area contributed by atoms with E-state index in [1.165, 1.54) is 6.33 Å². The summed E-state index contributed by atoms with van der Waals surface area (Å²) in [6, 6.07) is 23.2. The molecule has 0 bridgehead atoms. The number of carboxylic acids is 1. The molecule has 0 radical (unpaired) electrons. The molecule has 2 heterocycles. The highest BCUT2D eigenvalue weighted by Crippen LogP contribution is 2.36. The molecule has 1 N–H and O–H groups in total. The second-order valence-corrected chi connectivity index (χ2v) is 6.75. The summed E-state index contributed by atoms with van der Waals surface area (Å²) in [5.74, 6) is -0.976. The summed E-state index contributed by atoms with van der Waals surface area (Å²) in [5, 5.41) is 9.88. The van der Waals surface area contributed by atoms with Crippen molar-refractivity contribution in [1.82, 2.24) is 15.0 Å². The maximum Gasteiger partial charge on any atom is 0.311 e. The summed E-state index contributed by atoms with van der Waals surface area (Å²) in [7, 11) is 0. The van der Waals surface area contributed by atoms with Crippen molar-refractivity contribution in [3.63, 3.8) is 0 Å². The summed E-state index contributed by atoms with van der Waals surface area (Å²) in [6.45, 7) is 0. The van der Waals surface area contributed by atoms with Crippen molar-refractivity contribution in [3.05, 3.63) is 109 Å². The molecule has 0 aliphatic carbocycles. The number of hydrogen-bond donors (Lipinski definition) is 1. The van der Waals surface area contributed by atoms with Crippen molar-refractivity contribution in [2.45, 2.75) is 12.3 Å². The zero-order valence-electron chi connectivity index (χ0n) is 16.2. The Morgan fingerprint density at radius 1 is 0.867 bits per heavy atom. The van der Waals surface area contributed by atoms with E-state index in [0.29, 0.717) is 11.4 Å². The predicted molar refractivity (Wildman–Crippen MR) is 115 cm³/mol. The first kappa shape index (κ1) is 19.3. The standard InChI is InChI=1S/C24H20N4O2/c29-24(30)22(18-11-13-25-14-12-18)15-19-16-26-17-27-23(19)28(20-7-3-1-4-8-20)21-9-5-2-6-10-21/h1-14,16-17,22H,15H2,(H,29,30). The average molecular weight is 396 g/mol. The molecule has 6 nitrogen and oxygen atoms in total. The van der Waals surface area contributed by atoms with Gasteiger partial charge in [0.05, 0.1) is 5.92 Å². The second kappa shape index (κ2) is 8.96. The van der Waals surface area contributed by atoms with E-state index >= 15 is 0 Å². The first-order chi connectivity index (χ1) is 14.7. The van der Waals surface area contributed by atoms with Gasteiger partial charge >= 0.3 is 5.97 Å². The smallest absolute Gasteiger partial charge is 0.311 e. The van der Waals surface area contributed by atoms with E-state index in [0.717, 1.165) is 16.9 Å². The van der Waals surface area contributed by atoms with Gasteiger partial charge in [0, 0.05) is 35.5 Å². The molecule has 6 heteroatoms. The molecule has 0 amide bonds. The molecule has 2 aromatic heterocycles. The molecule has 0 fully saturated rings. The molecular formula is C24H20N4O2. The van der Waals surface area contributed by atoms with Crippen molar-refractivity contribution >= 4 is 23.2 Å². The number of nitrogens with zero attached hydrogens (tertiary/aromatic N) is 4. The number of aliphatic carboxylic acids is 1. The molecule has 4 aromatic rings. The van der Waals surface area contributed by atoms with Gasteiger partial charge in [-0.3, -0.25) is 14.7 Å². The fraction of sp³-hybridized carbons (Fsp3) is 0.0833. The van der Waals surface area contributed by atoms with E-state index in [1.54, 1.807) is 30.7 Å². The number of pyridine rings is 1. The summed E-state index contributed by atoms with van der Waals surface area (Å²) < 4.78 is 0. The number of anilines is 3. The molecule has 0 saturated carbocycles. The number of hydrogen-bond acceptors (Lipinski definition) is 5. The number of carbonyl (C=O) groups is 1. The third-order valence-electron chi connectivity index (χ3n) is 4.84. The third kappa shape index (κ3) is 4.17. The van der Waals surface area contributed by atoms with E-state index < -0.39 is 11.9 Å². The Bertz CT molecular complexity index is 1070. The molecule has 0 aliphatic rings. The minimum atomic E-state index is -0.901. The SMILES string of the molecule is O=C(O)C(Cc1cncnc1N(c1ccccc1)c1ccccc1)c1ccncc1. The molecule has 0 aliphatic heterocycles. The largest absolute Gasteiger partial charge is 0.481 e. The summed E-state index contributed by atoms with van der Waals surface area (Å²) in [6.07, 6.45) is 6.64. The Morgan fingerprint density at radius 3 is 2.03 bits per heavy atom. The van der Waals surface area contributed by atoms with Crippen molar-refractivity contribution in [2.75, 3.05) is 4.90 Å². The Kier molecular flexibility index (Phi) is 5.75. The van der Waals surface area contributed by atoms with Gasteiger partial charge in [0.2, 0.25) is 0 Å². The average Bonchev–Trinajstić information content (AvgIpc) is 2.80. The van der Waals surface area contributed by atoms with Crippen LogP contribution in [0.1, 0.15) is 17.0 Å². The van der Waals surface area contributed by atoms with Gasteiger partial charge < -0.3 is 5.11 Å². The molecule has 4 rings (SSSR count). The lowest BCUT2D eigenvalue weighted by molar-refractivity contribution is -0.138. The van der Waals surface area contributed by atoms with Gasteiger partial charge in [-0.25, -0.2) is 9.97 Å². The van der Waals surface area contributed by atoms with Crippen LogP contribution in [-0.2, 0) is 11.2 Å². The van der Waals surface area contributed by atoms with Crippen molar-refractivity contribution in [2.24, 2.45) is 0 Å². The van der Waals surface area contributed by atoms with Crippen LogP contribution in [0.4, 0.5) is 17.2 Å². The summed E-state index contributed by atoms with van der Waals surface area (Å²) in [4.78, 5) is 26.8. The van der Waals surface area contributed by atoms with Gasteiger partial charge in [0.25, 0.3) is 0 Å². The van der Waals surface area contributed by atoms with Gasteiger partial charge in [-0.15, -0.1) is 0 Å². The molecule has 1 unspecified atom stereocenters. The van der Waals surface area contributed by atoms with Crippen LogP contribution in [0.15, 0.2) is 97.7 Å². The van der Waals surface area contributed by atoms with Crippen LogP contribution >= 0.6 is 0 Å². The summed E-state index contributed by atoms with van der Waals surface area (Å²) in [5.41, 5.74) is 3.30. The molecule has 0 spiro atoms. The van der Waals surface area contributed by atoms with E-state index in [-0.39, 0.29) is 6.42 Å². The third-order valence-corrected chi connectivity index (χ3v) is 4.84. The molecule has 30 heavy (non-hydrogen) atoms. The Balaban J connectivity index is 1.80. The molecule has 148 valence electrons. The minimum Gasteiger partial charge on any atom is -0.481 e. The van der Waals surface area contributed by atoms with Crippen LogP contribution in [0.25, 0.3) is 0 Å². The van der Waals surface area contributed by atoms with Gasteiger partial charge in [0.1, 0.15) is 12.1 Å². The van der Waals surface area contributed by atoms with Crippen LogP contribution in [0.3, 0.4) is 0 Å². The fourth-order valence-corrected chi connectivity index (χ4v) is 3.41. The molecule has 1 atom stereocenters. The van der Waals surface area contributed by atoms with Crippen LogP contribution in [0, 0.1) is 0 Å². The number of para-hydroxylation sites is 2. The van der Waals surface area contributed by atoms with Crippen molar-refractivity contribution in [3.8, 4) is 0 Å². The highest BCUT2D eigenvalue weighted by atomic mass is 16.4. The van der Waals surface area contributed by atoms with Crippen LogP contribution in [0.2, 0.25) is 0 Å². The second-order valence-electron chi connectivity index (χ2n) is 6.75. The number of aromatic nitrogens is 3. The van der Waals surface area contributed by atoms with E-state index in [1.807, 2.05) is 65.6 Å². The quantitative estimate of drug-likeness (QED) is 0.485. The van der Waals surface area contributed by atoms with Crippen molar-refractivity contribution < 1.29 is 9.90 Å². The van der Waals surface area contributed by atoms with Crippen LogP contribution in [0.5, 0.6) is 0 Å². The maximum atomic E-state index is 12.1. The molecule has 2 aromatic carbocycles. The molecule has 0 saturated heterocycles. The summed E-state index contributed by atoms with van der Waals surface area (Å²) >= 11 is 0. The maximum absolute atomic E-state index is 12.1. The number of benzene rings is 2. The normalized spacial score (nSPS) is 11.6. The molecular weight excluding hydrogens is 376 g/mol. The fourth-order valence-electron chi connectivity index (χ4n) is 3.41. The Hall–Kier alpha value is -4.06. The van der Waals surface area contributed by atoms with Crippen LogP contribution < -0.4 is 4.90 Å². The van der Waals surface area contributed by atoms with E-state index in [9.17, 15) is 9.90 Å². The Morgan fingerprint density at radius 2 is 1.47 bits per heavy atom. The van der Waals surface area contributed by atoms with Crippen LogP contribution in [-0.4, -0.2) is 26.0 Å². The highest BCUT2D eigenvalue weighted by Gasteiger charge is 2.25.